The maximum atomic E-state index is 12.8. The summed E-state index contributed by atoms with van der Waals surface area (Å²) in [6, 6.07) is 12.0. The fourth-order valence-electron chi connectivity index (χ4n) is 2.80. The van der Waals surface area contributed by atoms with E-state index in [1.54, 1.807) is 54.5 Å². The molecule has 2 aromatic rings. The molecule has 0 fully saturated rings. The van der Waals surface area contributed by atoms with E-state index in [-0.39, 0.29) is 18.2 Å². The van der Waals surface area contributed by atoms with Crippen molar-refractivity contribution in [3.8, 4) is 0 Å². The highest BCUT2D eigenvalue weighted by molar-refractivity contribution is 6.30. The van der Waals surface area contributed by atoms with Crippen LogP contribution in [-0.4, -0.2) is 36.9 Å². The van der Waals surface area contributed by atoms with Gasteiger partial charge in [-0.25, -0.2) is 5.43 Å². The predicted molar refractivity (Wildman–Crippen MR) is 83.2 cm³/mol. The Hall–Kier alpha value is -2.50. The summed E-state index contributed by atoms with van der Waals surface area (Å²) in [5.41, 5.74) is 5.19. The number of benzene rings is 2. The van der Waals surface area contributed by atoms with Crippen molar-refractivity contribution in [1.29, 1.82) is 0 Å². The van der Waals surface area contributed by atoms with E-state index in [0.717, 1.165) is 0 Å². The minimum Gasteiger partial charge on any atom is -0.394 e. The number of nitrogens with one attached hydrogen (secondary N) is 1. The number of rotatable bonds is 4. The Labute approximate surface area is 128 Å². The minimum atomic E-state index is -0.168. The third-order valence-corrected chi connectivity index (χ3v) is 3.81. The van der Waals surface area contributed by atoms with Gasteiger partial charge in [0.1, 0.15) is 0 Å². The van der Waals surface area contributed by atoms with Crippen LogP contribution in [0, 0.1) is 0 Å². The largest absolute Gasteiger partial charge is 0.394 e. The van der Waals surface area contributed by atoms with E-state index < -0.39 is 0 Å². The first-order chi connectivity index (χ1) is 10.7. The number of aliphatic hydroxyl groups excluding tert-OH is 1. The zero-order valence-electron chi connectivity index (χ0n) is 12.2. The summed E-state index contributed by atoms with van der Waals surface area (Å²) in [6.45, 7) is 0.249. The van der Waals surface area contributed by atoms with Gasteiger partial charge in [-0.1, -0.05) is 36.4 Å². The third kappa shape index (κ3) is 2.11. The van der Waals surface area contributed by atoms with E-state index >= 15 is 0 Å². The van der Waals surface area contributed by atoms with E-state index in [1.165, 1.54) is 0 Å². The lowest BCUT2D eigenvalue weighted by Crippen LogP contribution is -2.39. The van der Waals surface area contributed by atoms with E-state index in [2.05, 4.69) is 5.43 Å². The lowest BCUT2D eigenvalue weighted by atomic mass is 9.83. The van der Waals surface area contributed by atoms with Crippen LogP contribution in [0.1, 0.15) is 31.8 Å². The van der Waals surface area contributed by atoms with Gasteiger partial charge in [0.2, 0.25) is 0 Å². The summed E-state index contributed by atoms with van der Waals surface area (Å²) < 4.78 is 0. The second kappa shape index (κ2) is 5.71. The van der Waals surface area contributed by atoms with Gasteiger partial charge in [0.15, 0.2) is 11.6 Å². The van der Waals surface area contributed by atoms with Crippen LogP contribution in [0.5, 0.6) is 0 Å². The number of carbonyl (C=O) groups excluding carboxylic acids is 2. The summed E-state index contributed by atoms with van der Waals surface area (Å²) in [5, 5.41) is 10.8. The molecule has 0 amide bonds. The Morgan fingerprint density at radius 1 is 0.955 bits per heavy atom. The van der Waals surface area contributed by atoms with Gasteiger partial charge in [0.05, 0.1) is 24.4 Å². The molecule has 5 nitrogen and oxygen atoms in total. The fraction of sp³-hybridized carbons (Fsp3) is 0.176. The quantitative estimate of drug-likeness (QED) is 0.712. The van der Waals surface area contributed by atoms with Crippen molar-refractivity contribution in [2.24, 2.45) is 0 Å². The summed E-state index contributed by atoms with van der Waals surface area (Å²) in [6.07, 6.45) is 0. The highest BCUT2D eigenvalue weighted by Gasteiger charge is 2.32. The molecule has 0 unspecified atom stereocenters. The van der Waals surface area contributed by atoms with Gasteiger partial charge in [-0.05, 0) is 6.07 Å². The van der Waals surface area contributed by atoms with E-state index in [0.29, 0.717) is 34.5 Å². The Balaban J connectivity index is 2.21. The standard InChI is InChI=1S/C17H16N2O3/c1-18-19(9-10-20)14-8-4-7-13-15(14)17(22)12-6-3-2-5-11(12)16(13)21/h2-8,18,20H,9-10H2,1H3. The predicted octanol–water partition coefficient (Wildman–Crippen LogP) is 1.40. The van der Waals surface area contributed by atoms with Crippen LogP contribution in [-0.2, 0) is 0 Å². The lowest BCUT2D eigenvalue weighted by molar-refractivity contribution is 0.0979. The average molecular weight is 296 g/mol. The molecule has 0 aromatic heterocycles. The van der Waals surface area contributed by atoms with Crippen molar-refractivity contribution in [3.63, 3.8) is 0 Å². The fourth-order valence-corrected chi connectivity index (χ4v) is 2.80. The molecule has 0 bridgehead atoms. The molecule has 2 N–H and O–H groups in total. The van der Waals surface area contributed by atoms with Crippen LogP contribution < -0.4 is 10.4 Å². The molecule has 0 saturated heterocycles. The molecule has 5 heteroatoms. The molecule has 0 atom stereocenters. The van der Waals surface area contributed by atoms with E-state index in [1.807, 2.05) is 0 Å². The topological polar surface area (TPSA) is 69.6 Å². The molecular formula is C17H16N2O3. The van der Waals surface area contributed by atoms with Crippen molar-refractivity contribution < 1.29 is 14.7 Å². The first-order valence-corrected chi connectivity index (χ1v) is 7.06. The van der Waals surface area contributed by atoms with Crippen LogP contribution in [0.2, 0.25) is 0 Å². The highest BCUT2D eigenvalue weighted by Crippen LogP contribution is 2.33. The number of hydrazine groups is 1. The van der Waals surface area contributed by atoms with Crippen LogP contribution in [0.4, 0.5) is 5.69 Å². The Morgan fingerprint density at radius 3 is 2.23 bits per heavy atom. The zero-order chi connectivity index (χ0) is 15.7. The molecule has 22 heavy (non-hydrogen) atoms. The van der Waals surface area contributed by atoms with E-state index in [9.17, 15) is 14.7 Å². The first kappa shape index (κ1) is 14.4. The molecule has 112 valence electrons. The molecule has 1 aliphatic carbocycles. The molecule has 1 aliphatic rings. The summed E-state index contributed by atoms with van der Waals surface area (Å²) >= 11 is 0. The van der Waals surface area contributed by atoms with Crippen molar-refractivity contribution in [2.45, 2.75) is 0 Å². The molecule has 0 radical (unpaired) electrons. The van der Waals surface area contributed by atoms with Gasteiger partial charge in [0.25, 0.3) is 0 Å². The molecule has 3 rings (SSSR count). The van der Waals surface area contributed by atoms with Crippen LogP contribution in [0.25, 0.3) is 0 Å². The SMILES string of the molecule is CNN(CCO)c1cccc2c1C(=O)c1ccccc1C2=O. The van der Waals surface area contributed by atoms with Gasteiger partial charge in [0, 0.05) is 23.7 Å². The number of ketones is 2. The Morgan fingerprint density at radius 2 is 1.59 bits per heavy atom. The highest BCUT2D eigenvalue weighted by atomic mass is 16.3. The Kier molecular flexibility index (Phi) is 3.75. The van der Waals surface area contributed by atoms with Crippen molar-refractivity contribution in [1.82, 2.24) is 5.43 Å². The monoisotopic (exact) mass is 296 g/mol. The number of aliphatic hydroxyl groups is 1. The first-order valence-electron chi connectivity index (χ1n) is 7.06. The van der Waals surface area contributed by atoms with Gasteiger partial charge < -0.3 is 10.1 Å². The summed E-state index contributed by atoms with van der Waals surface area (Å²) in [7, 11) is 1.71. The number of fused-ring (bicyclic) bond motifs is 2. The summed E-state index contributed by atoms with van der Waals surface area (Å²) in [5.74, 6) is -0.314. The number of hydrogen-bond acceptors (Lipinski definition) is 5. The van der Waals surface area contributed by atoms with Crippen molar-refractivity contribution in [3.05, 3.63) is 64.7 Å². The maximum Gasteiger partial charge on any atom is 0.196 e. The second-order valence-corrected chi connectivity index (χ2v) is 5.00. The van der Waals surface area contributed by atoms with Crippen LogP contribution in [0.3, 0.4) is 0 Å². The van der Waals surface area contributed by atoms with Crippen LogP contribution in [0.15, 0.2) is 42.5 Å². The molecule has 2 aromatic carbocycles. The molecule has 0 aliphatic heterocycles. The van der Waals surface area contributed by atoms with Crippen molar-refractivity contribution in [2.75, 3.05) is 25.2 Å². The molecular weight excluding hydrogens is 280 g/mol. The molecule has 0 spiro atoms. The minimum absolute atomic E-state index is 0.0662. The van der Waals surface area contributed by atoms with Gasteiger partial charge in [-0.15, -0.1) is 0 Å². The number of nitrogens with zero attached hydrogens (tertiary/aromatic N) is 1. The van der Waals surface area contributed by atoms with Gasteiger partial charge in [-0.3, -0.25) is 9.59 Å². The van der Waals surface area contributed by atoms with E-state index in [4.69, 9.17) is 0 Å². The van der Waals surface area contributed by atoms with Gasteiger partial charge >= 0.3 is 0 Å². The third-order valence-electron chi connectivity index (χ3n) is 3.81. The Bertz CT molecular complexity index is 755. The van der Waals surface area contributed by atoms with Gasteiger partial charge in [-0.2, -0.15) is 0 Å². The number of hydrogen-bond donors (Lipinski definition) is 2. The van der Waals surface area contributed by atoms with Crippen molar-refractivity contribution >= 4 is 17.3 Å². The number of anilines is 1. The second-order valence-electron chi connectivity index (χ2n) is 5.00. The van der Waals surface area contributed by atoms with Crippen LogP contribution >= 0.6 is 0 Å². The number of carbonyl (C=O) groups is 2. The smallest absolute Gasteiger partial charge is 0.196 e. The normalized spacial score (nSPS) is 12.8. The lowest BCUT2D eigenvalue weighted by Gasteiger charge is -2.27. The zero-order valence-corrected chi connectivity index (χ0v) is 12.2. The molecule has 0 saturated carbocycles. The average Bonchev–Trinajstić information content (AvgIpc) is 2.57. The molecule has 0 heterocycles. The maximum absolute atomic E-state index is 12.8. The summed E-state index contributed by atoms with van der Waals surface area (Å²) in [4.78, 5) is 25.5.